The number of rotatable bonds is 7. The minimum atomic E-state index is -3.18. The molecule has 0 bridgehead atoms. The van der Waals surface area contributed by atoms with E-state index >= 15 is 0 Å². The molecule has 9 heteroatoms. The van der Waals surface area contributed by atoms with Crippen LogP contribution in [0.15, 0.2) is 48.5 Å². The SMILES string of the molecule is NC(=O)c1ccccc1OCc1cccc(C(=O)NC2CS(=O)(=O)CC2N2CCCC2)c1. The molecular formula is C23H27N3O5S. The van der Waals surface area contributed by atoms with Crippen LogP contribution in [0.4, 0.5) is 0 Å². The van der Waals surface area contributed by atoms with Crippen LogP contribution in [-0.4, -0.2) is 61.8 Å². The van der Waals surface area contributed by atoms with Gasteiger partial charge in [-0.05, 0) is 55.8 Å². The van der Waals surface area contributed by atoms with Crippen molar-refractivity contribution in [2.75, 3.05) is 24.6 Å². The smallest absolute Gasteiger partial charge is 0.252 e. The van der Waals surface area contributed by atoms with Crippen molar-refractivity contribution in [1.29, 1.82) is 0 Å². The first-order chi connectivity index (χ1) is 15.3. The molecule has 2 heterocycles. The van der Waals surface area contributed by atoms with Crippen LogP contribution in [0.3, 0.4) is 0 Å². The van der Waals surface area contributed by atoms with Crippen molar-refractivity contribution in [1.82, 2.24) is 10.2 Å². The monoisotopic (exact) mass is 457 g/mol. The van der Waals surface area contributed by atoms with Gasteiger partial charge >= 0.3 is 0 Å². The summed E-state index contributed by atoms with van der Waals surface area (Å²) in [5.74, 6) is -0.458. The zero-order chi connectivity index (χ0) is 22.7. The molecule has 2 unspecified atom stereocenters. The molecule has 2 aromatic carbocycles. The Balaban J connectivity index is 1.44. The van der Waals surface area contributed by atoms with Gasteiger partial charge in [0, 0.05) is 11.6 Å². The molecule has 0 saturated carbocycles. The predicted octanol–water partition coefficient (Wildman–Crippen LogP) is 1.36. The lowest BCUT2D eigenvalue weighted by atomic mass is 10.1. The number of hydrogen-bond donors (Lipinski definition) is 2. The maximum atomic E-state index is 12.9. The third-order valence-electron chi connectivity index (χ3n) is 5.98. The van der Waals surface area contributed by atoms with Gasteiger partial charge in [0.15, 0.2) is 9.84 Å². The summed E-state index contributed by atoms with van der Waals surface area (Å²) in [6.07, 6.45) is 2.11. The number of amides is 2. The van der Waals surface area contributed by atoms with Crippen LogP contribution in [-0.2, 0) is 16.4 Å². The van der Waals surface area contributed by atoms with Gasteiger partial charge in [-0.25, -0.2) is 8.42 Å². The van der Waals surface area contributed by atoms with Crippen molar-refractivity contribution in [3.05, 3.63) is 65.2 Å². The lowest BCUT2D eigenvalue weighted by Gasteiger charge is -2.28. The number of para-hydroxylation sites is 1. The molecule has 32 heavy (non-hydrogen) atoms. The Morgan fingerprint density at radius 1 is 1.06 bits per heavy atom. The summed E-state index contributed by atoms with van der Waals surface area (Å²) in [6.45, 7) is 1.89. The Labute approximate surface area is 187 Å². The second-order valence-corrected chi connectivity index (χ2v) is 10.5. The molecule has 2 aromatic rings. The Bertz CT molecular complexity index is 1110. The zero-order valence-corrected chi connectivity index (χ0v) is 18.5. The van der Waals surface area contributed by atoms with Crippen molar-refractivity contribution < 1.29 is 22.7 Å². The van der Waals surface area contributed by atoms with Crippen LogP contribution in [0, 0.1) is 0 Å². The fraction of sp³-hybridized carbons (Fsp3) is 0.391. The Morgan fingerprint density at radius 2 is 1.81 bits per heavy atom. The van der Waals surface area contributed by atoms with Crippen LogP contribution >= 0.6 is 0 Å². The number of hydrogen-bond acceptors (Lipinski definition) is 6. The lowest BCUT2D eigenvalue weighted by molar-refractivity contribution is 0.0918. The fourth-order valence-corrected chi connectivity index (χ4v) is 6.36. The molecule has 0 aliphatic carbocycles. The van der Waals surface area contributed by atoms with Gasteiger partial charge in [-0.1, -0.05) is 24.3 Å². The lowest BCUT2D eigenvalue weighted by Crippen LogP contribution is -2.50. The summed E-state index contributed by atoms with van der Waals surface area (Å²) < 4.78 is 30.2. The number of nitrogens with two attached hydrogens (primary N) is 1. The van der Waals surface area contributed by atoms with Crippen molar-refractivity contribution in [3.63, 3.8) is 0 Å². The van der Waals surface area contributed by atoms with Gasteiger partial charge in [-0.15, -0.1) is 0 Å². The predicted molar refractivity (Wildman–Crippen MR) is 120 cm³/mol. The molecule has 170 valence electrons. The van der Waals surface area contributed by atoms with E-state index in [0.29, 0.717) is 11.3 Å². The van der Waals surface area contributed by atoms with Gasteiger partial charge in [0.2, 0.25) is 0 Å². The zero-order valence-electron chi connectivity index (χ0n) is 17.7. The maximum absolute atomic E-state index is 12.9. The number of likely N-dealkylation sites (tertiary alicyclic amines) is 1. The van der Waals surface area contributed by atoms with E-state index in [1.807, 2.05) is 6.07 Å². The number of primary amides is 1. The molecule has 0 spiro atoms. The summed E-state index contributed by atoms with van der Waals surface area (Å²) in [4.78, 5) is 26.6. The number of nitrogens with zero attached hydrogens (tertiary/aromatic N) is 1. The second kappa shape index (κ2) is 9.30. The van der Waals surface area contributed by atoms with E-state index in [1.54, 1.807) is 42.5 Å². The van der Waals surface area contributed by atoms with E-state index in [4.69, 9.17) is 10.5 Å². The average Bonchev–Trinajstić information content (AvgIpc) is 3.40. The number of carbonyl (C=O) groups is 2. The van der Waals surface area contributed by atoms with Crippen molar-refractivity contribution in [2.24, 2.45) is 5.73 Å². The van der Waals surface area contributed by atoms with Gasteiger partial charge in [-0.3, -0.25) is 14.5 Å². The molecule has 2 fully saturated rings. The first-order valence-electron chi connectivity index (χ1n) is 10.7. The molecule has 2 amide bonds. The van der Waals surface area contributed by atoms with E-state index in [-0.39, 0.29) is 35.6 Å². The van der Waals surface area contributed by atoms with Crippen LogP contribution < -0.4 is 15.8 Å². The summed E-state index contributed by atoms with van der Waals surface area (Å²) in [5.41, 5.74) is 6.84. The molecule has 8 nitrogen and oxygen atoms in total. The molecule has 2 aliphatic heterocycles. The summed E-state index contributed by atoms with van der Waals surface area (Å²) >= 11 is 0. The summed E-state index contributed by atoms with van der Waals surface area (Å²) in [5, 5.41) is 2.94. The number of nitrogens with one attached hydrogen (secondary N) is 1. The summed E-state index contributed by atoms with van der Waals surface area (Å²) in [7, 11) is -3.18. The normalized spacial score (nSPS) is 22.5. The van der Waals surface area contributed by atoms with Crippen LogP contribution in [0.2, 0.25) is 0 Å². The minimum absolute atomic E-state index is 0.0351. The van der Waals surface area contributed by atoms with Crippen LogP contribution in [0.25, 0.3) is 0 Å². The van der Waals surface area contributed by atoms with Gasteiger partial charge < -0.3 is 15.8 Å². The fourth-order valence-electron chi connectivity index (χ4n) is 4.41. The molecular weight excluding hydrogens is 430 g/mol. The Hall–Kier alpha value is -2.91. The highest BCUT2D eigenvalue weighted by atomic mass is 32.2. The maximum Gasteiger partial charge on any atom is 0.252 e. The highest BCUT2D eigenvalue weighted by molar-refractivity contribution is 7.91. The molecule has 3 N–H and O–H groups in total. The van der Waals surface area contributed by atoms with Crippen molar-refractivity contribution in [2.45, 2.75) is 31.5 Å². The highest BCUT2D eigenvalue weighted by Crippen LogP contribution is 2.23. The van der Waals surface area contributed by atoms with Crippen LogP contribution in [0.1, 0.15) is 39.1 Å². The largest absolute Gasteiger partial charge is 0.488 e. The van der Waals surface area contributed by atoms with Crippen molar-refractivity contribution in [3.8, 4) is 5.75 Å². The molecule has 2 aliphatic rings. The van der Waals surface area contributed by atoms with Gasteiger partial charge in [0.05, 0.1) is 23.1 Å². The third-order valence-corrected chi connectivity index (χ3v) is 7.70. The molecule has 2 saturated heterocycles. The summed E-state index contributed by atoms with van der Waals surface area (Å²) in [6, 6.07) is 13.1. The molecule has 2 atom stereocenters. The number of sulfone groups is 1. The molecule has 4 rings (SSSR count). The van der Waals surface area contributed by atoms with Gasteiger partial charge in [0.1, 0.15) is 12.4 Å². The van der Waals surface area contributed by atoms with E-state index in [0.717, 1.165) is 31.5 Å². The quantitative estimate of drug-likeness (QED) is 0.648. The first-order valence-corrected chi connectivity index (χ1v) is 12.5. The van der Waals surface area contributed by atoms with Crippen LogP contribution in [0.5, 0.6) is 5.75 Å². The first kappa shape index (κ1) is 22.3. The topological polar surface area (TPSA) is 119 Å². The van der Waals surface area contributed by atoms with Gasteiger partial charge in [-0.2, -0.15) is 0 Å². The minimum Gasteiger partial charge on any atom is -0.488 e. The van der Waals surface area contributed by atoms with E-state index < -0.39 is 21.8 Å². The van der Waals surface area contributed by atoms with Crippen molar-refractivity contribution >= 4 is 21.7 Å². The standard InChI is InChI=1S/C23H27N3O5S/c24-22(27)18-8-1-2-9-21(18)31-13-16-6-5-7-17(12-16)23(28)25-19-14-32(29,30)15-20(19)26-10-3-4-11-26/h1-2,5-9,12,19-20H,3-4,10-11,13-15H2,(H2,24,27)(H,25,28). The van der Waals surface area contributed by atoms with E-state index in [2.05, 4.69) is 10.2 Å². The number of benzene rings is 2. The Kier molecular flexibility index (Phi) is 6.48. The van der Waals surface area contributed by atoms with E-state index in [1.165, 1.54) is 0 Å². The number of carbonyl (C=O) groups excluding carboxylic acids is 2. The Morgan fingerprint density at radius 3 is 2.56 bits per heavy atom. The van der Waals surface area contributed by atoms with E-state index in [9.17, 15) is 18.0 Å². The molecule has 0 aromatic heterocycles. The third kappa shape index (κ3) is 5.11. The highest BCUT2D eigenvalue weighted by Gasteiger charge is 2.42. The number of ether oxygens (including phenoxy) is 1. The van der Waals surface area contributed by atoms with Gasteiger partial charge in [0.25, 0.3) is 11.8 Å². The average molecular weight is 458 g/mol. The molecule has 0 radical (unpaired) electrons. The second-order valence-electron chi connectivity index (χ2n) is 8.32.